The Morgan fingerprint density at radius 3 is 2.50 bits per heavy atom. The monoisotopic (exact) mass is 481 g/mol. The number of fused-ring (bicyclic) bond motifs is 3. The molecule has 3 aromatic heterocycles. The van der Waals surface area contributed by atoms with Crippen molar-refractivity contribution in [2.75, 3.05) is 13.1 Å². The van der Waals surface area contributed by atoms with Crippen molar-refractivity contribution < 1.29 is 17.9 Å². The topological polar surface area (TPSA) is 110 Å². The molecule has 0 bridgehead atoms. The van der Waals surface area contributed by atoms with Crippen LogP contribution < -0.4 is 0 Å². The molecule has 0 aliphatic carbocycles. The van der Waals surface area contributed by atoms with Gasteiger partial charge in [0.1, 0.15) is 16.9 Å². The summed E-state index contributed by atoms with van der Waals surface area (Å²) in [6.45, 7) is 6.77. The molecule has 4 aromatic rings. The zero-order chi connectivity index (χ0) is 24.1. The third-order valence-corrected chi connectivity index (χ3v) is 7.66. The summed E-state index contributed by atoms with van der Waals surface area (Å²) in [6, 6.07) is 10.0. The van der Waals surface area contributed by atoms with Crippen LogP contribution >= 0.6 is 0 Å². The van der Waals surface area contributed by atoms with Crippen LogP contribution in [-0.2, 0) is 14.8 Å². The molecule has 1 N–H and O–H groups in total. The fourth-order valence-corrected chi connectivity index (χ4v) is 5.63. The van der Waals surface area contributed by atoms with Crippen LogP contribution in [0.2, 0.25) is 0 Å². The molecule has 1 aromatic carbocycles. The van der Waals surface area contributed by atoms with Crippen molar-refractivity contribution in [2.24, 2.45) is 0 Å². The quantitative estimate of drug-likeness (QED) is 0.468. The zero-order valence-corrected chi connectivity index (χ0v) is 20.2. The Kier molecular flexibility index (Phi) is 5.35. The number of imidazole rings is 1. The molecule has 10 heteroatoms. The highest BCUT2D eigenvalue weighted by Gasteiger charge is 2.29. The molecule has 0 unspecified atom stereocenters. The minimum absolute atomic E-state index is 0.163. The first-order valence-electron chi connectivity index (χ1n) is 11.3. The maximum Gasteiger partial charge on any atom is 0.410 e. The number of nitrogens with zero attached hydrogens (tertiary/aromatic N) is 4. The number of amides is 1. The molecule has 9 nitrogen and oxygen atoms in total. The number of aromatic amines is 1. The lowest BCUT2D eigenvalue weighted by Gasteiger charge is -2.32. The molecule has 0 saturated carbocycles. The third kappa shape index (κ3) is 4.02. The molecule has 34 heavy (non-hydrogen) atoms. The van der Waals surface area contributed by atoms with E-state index >= 15 is 0 Å². The van der Waals surface area contributed by atoms with Crippen LogP contribution in [0, 0.1) is 0 Å². The SMILES string of the molecule is CC(C)(C)OC(=O)N1CCC(c2nc3c(cnc4c3ccn4S(=O)(=O)c3ccccc3)[nH]2)CC1. The predicted octanol–water partition coefficient (Wildman–Crippen LogP) is 4.26. The van der Waals surface area contributed by atoms with Crippen molar-refractivity contribution in [3.63, 3.8) is 0 Å². The lowest BCUT2D eigenvalue weighted by molar-refractivity contribution is 0.0203. The minimum Gasteiger partial charge on any atom is -0.444 e. The van der Waals surface area contributed by atoms with E-state index in [1.807, 2.05) is 20.8 Å². The van der Waals surface area contributed by atoms with Crippen LogP contribution in [-0.4, -0.2) is 57.0 Å². The van der Waals surface area contributed by atoms with Crippen molar-refractivity contribution in [1.29, 1.82) is 0 Å². The van der Waals surface area contributed by atoms with Gasteiger partial charge in [0.25, 0.3) is 10.0 Å². The standard InChI is InChI=1S/C24H27N5O4S/c1-24(2,3)33-23(30)28-12-9-16(10-13-28)21-26-19-15-25-22-18(20(19)27-21)11-14-29(22)34(31,32)17-7-5-4-6-8-17/h4-8,11,14-16H,9-10,12-13H2,1-3H3,(H,26,27). The lowest BCUT2D eigenvalue weighted by Crippen LogP contribution is -2.41. The molecule has 0 atom stereocenters. The largest absolute Gasteiger partial charge is 0.444 e. The van der Waals surface area contributed by atoms with Crippen molar-refractivity contribution in [3.8, 4) is 0 Å². The highest BCUT2D eigenvalue weighted by atomic mass is 32.2. The number of hydrogen-bond acceptors (Lipinski definition) is 6. The van der Waals surface area contributed by atoms with Crippen LogP contribution in [0.5, 0.6) is 0 Å². The van der Waals surface area contributed by atoms with Gasteiger partial charge in [0.05, 0.1) is 16.6 Å². The van der Waals surface area contributed by atoms with Crippen molar-refractivity contribution in [2.45, 2.75) is 50.0 Å². The van der Waals surface area contributed by atoms with E-state index in [1.54, 1.807) is 47.5 Å². The Hall–Kier alpha value is -3.40. The maximum atomic E-state index is 13.1. The Bertz CT molecular complexity index is 1460. The first kappa shape index (κ1) is 22.4. The second kappa shape index (κ2) is 8.12. The van der Waals surface area contributed by atoms with Gasteiger partial charge >= 0.3 is 6.09 Å². The normalized spacial score (nSPS) is 15.8. The Morgan fingerprint density at radius 1 is 1.12 bits per heavy atom. The van der Waals surface area contributed by atoms with Crippen LogP contribution in [0.1, 0.15) is 45.4 Å². The molecule has 1 fully saturated rings. The molecule has 1 aliphatic rings. The summed E-state index contributed by atoms with van der Waals surface area (Å²) in [6.07, 6.45) is 4.38. The van der Waals surface area contributed by atoms with Gasteiger partial charge in [-0.25, -0.2) is 27.2 Å². The number of pyridine rings is 1. The molecule has 178 valence electrons. The molecular formula is C24H27N5O4S. The van der Waals surface area contributed by atoms with Crippen LogP contribution in [0.3, 0.4) is 0 Å². The van der Waals surface area contributed by atoms with Crippen LogP contribution in [0.15, 0.2) is 53.7 Å². The van der Waals surface area contributed by atoms with Gasteiger partial charge in [-0.3, -0.25) is 0 Å². The molecular weight excluding hydrogens is 454 g/mol. The first-order valence-corrected chi connectivity index (χ1v) is 12.7. The molecule has 5 rings (SSSR count). The Labute approximate surface area is 197 Å². The number of H-pyrrole nitrogens is 1. The summed E-state index contributed by atoms with van der Waals surface area (Å²) in [4.78, 5) is 26.9. The fraction of sp³-hybridized carbons (Fsp3) is 0.375. The van der Waals surface area contributed by atoms with Crippen molar-refractivity contribution in [1.82, 2.24) is 23.8 Å². The van der Waals surface area contributed by atoms with Gasteiger partial charge in [-0.1, -0.05) is 18.2 Å². The van der Waals surface area contributed by atoms with E-state index in [0.29, 0.717) is 29.6 Å². The van der Waals surface area contributed by atoms with Crippen LogP contribution in [0.25, 0.3) is 22.1 Å². The smallest absolute Gasteiger partial charge is 0.410 e. The zero-order valence-electron chi connectivity index (χ0n) is 19.4. The summed E-state index contributed by atoms with van der Waals surface area (Å²) < 4.78 is 32.9. The van der Waals surface area contributed by atoms with E-state index in [0.717, 1.165) is 24.2 Å². The predicted molar refractivity (Wildman–Crippen MR) is 128 cm³/mol. The van der Waals surface area contributed by atoms with E-state index in [-0.39, 0.29) is 16.9 Å². The van der Waals surface area contributed by atoms with Gasteiger partial charge in [-0.05, 0) is 51.8 Å². The molecule has 1 saturated heterocycles. The maximum absolute atomic E-state index is 13.1. The molecule has 1 aliphatic heterocycles. The number of carbonyl (C=O) groups excluding carboxylic acids is 1. The molecule has 1 amide bonds. The number of piperidine rings is 1. The van der Waals surface area contributed by atoms with E-state index in [2.05, 4.69) is 9.97 Å². The van der Waals surface area contributed by atoms with E-state index in [4.69, 9.17) is 9.72 Å². The van der Waals surface area contributed by atoms with E-state index in [9.17, 15) is 13.2 Å². The second-order valence-corrected chi connectivity index (χ2v) is 11.4. The van der Waals surface area contributed by atoms with Crippen LogP contribution in [0.4, 0.5) is 4.79 Å². The molecule has 0 spiro atoms. The van der Waals surface area contributed by atoms with Crippen molar-refractivity contribution in [3.05, 3.63) is 54.6 Å². The number of carbonyl (C=O) groups is 1. The van der Waals surface area contributed by atoms with Crippen molar-refractivity contribution >= 4 is 38.2 Å². The fourth-order valence-electron chi connectivity index (χ4n) is 4.30. The summed E-state index contributed by atoms with van der Waals surface area (Å²) in [5.41, 5.74) is 1.27. The molecule has 0 radical (unpaired) electrons. The highest BCUT2D eigenvalue weighted by molar-refractivity contribution is 7.90. The van der Waals surface area contributed by atoms with Gasteiger partial charge in [0.15, 0.2) is 5.65 Å². The van der Waals surface area contributed by atoms with Gasteiger partial charge < -0.3 is 14.6 Å². The number of likely N-dealkylation sites (tertiary alicyclic amines) is 1. The Balaban J connectivity index is 1.41. The summed E-state index contributed by atoms with van der Waals surface area (Å²) in [7, 11) is -3.77. The van der Waals surface area contributed by atoms with E-state index in [1.165, 1.54) is 10.2 Å². The van der Waals surface area contributed by atoms with E-state index < -0.39 is 15.6 Å². The van der Waals surface area contributed by atoms with Gasteiger partial charge in [-0.2, -0.15) is 0 Å². The summed E-state index contributed by atoms with van der Waals surface area (Å²) >= 11 is 0. The lowest BCUT2D eigenvalue weighted by atomic mass is 9.96. The number of ether oxygens (including phenoxy) is 1. The number of nitrogens with one attached hydrogen (secondary N) is 1. The number of aromatic nitrogens is 4. The minimum atomic E-state index is -3.77. The van der Waals surface area contributed by atoms with Gasteiger partial charge in [0, 0.05) is 30.6 Å². The summed E-state index contributed by atoms with van der Waals surface area (Å²) in [5.74, 6) is 0.989. The average Bonchev–Trinajstić information content (AvgIpc) is 3.43. The van der Waals surface area contributed by atoms with Gasteiger partial charge in [0.2, 0.25) is 0 Å². The second-order valence-electron chi connectivity index (χ2n) is 9.55. The highest BCUT2D eigenvalue weighted by Crippen LogP contribution is 2.31. The number of benzene rings is 1. The number of hydrogen-bond donors (Lipinski definition) is 1. The molecule has 4 heterocycles. The Morgan fingerprint density at radius 2 is 1.82 bits per heavy atom. The third-order valence-electron chi connectivity index (χ3n) is 5.98. The van der Waals surface area contributed by atoms with Gasteiger partial charge in [-0.15, -0.1) is 0 Å². The average molecular weight is 482 g/mol. The number of rotatable bonds is 3. The first-order chi connectivity index (χ1) is 16.1. The summed E-state index contributed by atoms with van der Waals surface area (Å²) in [5, 5.41) is 0.672.